The highest BCUT2D eigenvalue weighted by atomic mass is 32.2. The molecule has 3 aliphatic rings. The van der Waals surface area contributed by atoms with Crippen molar-refractivity contribution >= 4 is 29.5 Å². The van der Waals surface area contributed by atoms with Crippen LogP contribution in [0, 0.1) is 11.8 Å². The molecule has 3 rings (SSSR count). The number of aliphatic hydroxyl groups is 1. The molecule has 1 spiro atoms. The van der Waals surface area contributed by atoms with E-state index in [0.29, 0.717) is 26.1 Å². The Balaban J connectivity index is 1.96. The zero-order valence-electron chi connectivity index (χ0n) is 23.2. The highest BCUT2D eigenvalue weighted by Crippen LogP contribution is 2.71. The van der Waals surface area contributed by atoms with Gasteiger partial charge in [-0.3, -0.25) is 14.4 Å². The first-order chi connectivity index (χ1) is 17.5. The van der Waals surface area contributed by atoms with Crippen molar-refractivity contribution in [3.05, 3.63) is 25.3 Å². The quantitative estimate of drug-likeness (QED) is 0.203. The summed E-state index contributed by atoms with van der Waals surface area (Å²) in [6, 6.07) is -0.618. The van der Waals surface area contributed by atoms with Gasteiger partial charge in [-0.1, -0.05) is 25.0 Å². The van der Waals surface area contributed by atoms with Crippen molar-refractivity contribution in [2.75, 3.05) is 26.3 Å². The Hall–Kier alpha value is -1.80. The maximum Gasteiger partial charge on any atom is 0.311 e. The van der Waals surface area contributed by atoms with E-state index in [9.17, 15) is 14.4 Å². The number of hydrogen-bond donors (Lipinski definition) is 1. The van der Waals surface area contributed by atoms with Gasteiger partial charge in [0.15, 0.2) is 0 Å². The molecule has 7 nitrogen and oxygen atoms in total. The van der Waals surface area contributed by atoms with Crippen molar-refractivity contribution in [2.24, 2.45) is 11.8 Å². The molecule has 208 valence electrons. The third-order valence-corrected chi connectivity index (χ3v) is 10.2. The van der Waals surface area contributed by atoms with Crippen molar-refractivity contribution in [3.8, 4) is 0 Å². The van der Waals surface area contributed by atoms with Crippen LogP contribution in [0.5, 0.6) is 0 Å². The van der Waals surface area contributed by atoms with Crippen LogP contribution >= 0.6 is 11.8 Å². The summed E-state index contributed by atoms with van der Waals surface area (Å²) < 4.78 is 4.63. The number of carbonyl (C=O) groups excluding carboxylic acids is 3. The van der Waals surface area contributed by atoms with Crippen LogP contribution in [0.2, 0.25) is 0 Å². The van der Waals surface area contributed by atoms with Gasteiger partial charge < -0.3 is 19.6 Å². The van der Waals surface area contributed by atoms with Gasteiger partial charge in [-0.15, -0.1) is 24.9 Å². The lowest BCUT2D eigenvalue weighted by molar-refractivity contribution is -0.155. The van der Waals surface area contributed by atoms with Crippen LogP contribution in [-0.4, -0.2) is 80.1 Å². The van der Waals surface area contributed by atoms with Crippen molar-refractivity contribution in [1.29, 1.82) is 0 Å². The molecule has 2 unspecified atom stereocenters. The van der Waals surface area contributed by atoms with E-state index >= 15 is 0 Å². The average Bonchev–Trinajstić information content (AvgIpc) is 3.40. The molecule has 0 saturated carbocycles. The molecule has 2 amide bonds. The number of rotatable bonds is 14. The SMILES string of the molecule is C=CCCCOC(=O)[C@H]1[C@H]2C(=O)N(CCCCCCO)C(C(=O)N(CC=C)C(C)(C)C)C23CC[C@]1(C)S3. The molecular weight excluding hydrogens is 488 g/mol. The van der Waals surface area contributed by atoms with Crippen molar-refractivity contribution in [3.63, 3.8) is 0 Å². The number of unbranched alkanes of at least 4 members (excludes halogenated alkanes) is 4. The van der Waals surface area contributed by atoms with Crippen LogP contribution in [0.15, 0.2) is 25.3 Å². The number of carbonyl (C=O) groups is 3. The zero-order chi connectivity index (χ0) is 27.4. The van der Waals surface area contributed by atoms with Gasteiger partial charge in [0.05, 0.1) is 23.2 Å². The van der Waals surface area contributed by atoms with Crippen LogP contribution in [0.1, 0.15) is 79.1 Å². The summed E-state index contributed by atoms with van der Waals surface area (Å²) in [5, 5.41) is 9.12. The fourth-order valence-electron chi connectivity index (χ4n) is 6.51. The van der Waals surface area contributed by atoms with E-state index in [1.54, 1.807) is 28.8 Å². The van der Waals surface area contributed by atoms with Gasteiger partial charge in [0, 0.05) is 30.0 Å². The second-order valence-corrected chi connectivity index (χ2v) is 13.8. The summed E-state index contributed by atoms with van der Waals surface area (Å²) in [6.07, 6.45) is 9.76. The molecule has 3 aliphatic heterocycles. The molecule has 2 bridgehead atoms. The van der Waals surface area contributed by atoms with E-state index in [2.05, 4.69) is 20.1 Å². The Labute approximate surface area is 227 Å². The minimum absolute atomic E-state index is 0.0599. The number of esters is 1. The standard InChI is InChI=1S/C29H46N2O5S/c1-7-9-14-20-36-26(35)22-21-24(33)30(18-12-10-11-13-19-32)23(29(21)16-15-28(22,6)37-29)25(34)31(17-8-2)27(3,4)5/h7-8,21-23,32H,1-2,9-20H2,3-6H3/t21-,22+,23?,28-,29?/m0/s1. The second-order valence-electron chi connectivity index (χ2n) is 11.9. The van der Waals surface area contributed by atoms with Crippen molar-refractivity contribution < 1.29 is 24.2 Å². The number of likely N-dealkylation sites (tertiary alicyclic amines) is 1. The predicted octanol–water partition coefficient (Wildman–Crippen LogP) is 4.34. The minimum atomic E-state index is -0.635. The smallest absolute Gasteiger partial charge is 0.311 e. The van der Waals surface area contributed by atoms with Crippen molar-refractivity contribution in [2.45, 2.75) is 100 Å². The Morgan fingerprint density at radius 1 is 1.16 bits per heavy atom. The van der Waals surface area contributed by atoms with Crippen LogP contribution in [0.4, 0.5) is 0 Å². The first-order valence-electron chi connectivity index (χ1n) is 13.8. The fourth-order valence-corrected chi connectivity index (χ4v) is 8.85. The number of thioether (sulfide) groups is 1. The first kappa shape index (κ1) is 29.8. The topological polar surface area (TPSA) is 87.1 Å². The summed E-state index contributed by atoms with van der Waals surface area (Å²) >= 11 is 1.68. The van der Waals surface area contributed by atoms with E-state index in [0.717, 1.165) is 44.9 Å². The molecule has 3 fully saturated rings. The Kier molecular flexibility index (Phi) is 9.60. The average molecular weight is 535 g/mol. The summed E-state index contributed by atoms with van der Waals surface area (Å²) in [6.45, 7) is 17.0. The molecule has 37 heavy (non-hydrogen) atoms. The molecule has 0 radical (unpaired) electrons. The van der Waals surface area contributed by atoms with Gasteiger partial charge in [-0.2, -0.15) is 0 Å². The lowest BCUT2D eigenvalue weighted by atomic mass is 9.66. The highest BCUT2D eigenvalue weighted by molar-refractivity contribution is 8.02. The Morgan fingerprint density at radius 3 is 2.49 bits per heavy atom. The van der Waals surface area contributed by atoms with Crippen LogP contribution in [0.25, 0.3) is 0 Å². The van der Waals surface area contributed by atoms with E-state index in [1.165, 1.54) is 0 Å². The molecule has 0 aromatic heterocycles. The van der Waals surface area contributed by atoms with E-state index < -0.39 is 32.9 Å². The van der Waals surface area contributed by atoms with Gasteiger partial charge in [-0.05, 0) is 66.2 Å². The van der Waals surface area contributed by atoms with Gasteiger partial charge in [0.1, 0.15) is 6.04 Å². The number of ether oxygens (including phenoxy) is 1. The summed E-state index contributed by atoms with van der Waals surface area (Å²) in [5.41, 5.74) is -0.440. The molecule has 3 saturated heterocycles. The van der Waals surface area contributed by atoms with E-state index in [1.807, 2.05) is 25.7 Å². The number of hydrogen-bond acceptors (Lipinski definition) is 6. The van der Waals surface area contributed by atoms with Gasteiger partial charge in [-0.25, -0.2) is 0 Å². The molecule has 0 aromatic rings. The van der Waals surface area contributed by atoms with E-state index in [4.69, 9.17) is 9.84 Å². The Morgan fingerprint density at radius 2 is 1.86 bits per heavy atom. The molecule has 1 N–H and O–H groups in total. The van der Waals surface area contributed by atoms with Gasteiger partial charge in [0.2, 0.25) is 11.8 Å². The van der Waals surface area contributed by atoms with Crippen molar-refractivity contribution in [1.82, 2.24) is 9.80 Å². The number of allylic oxidation sites excluding steroid dienone is 1. The first-order valence-corrected chi connectivity index (χ1v) is 14.6. The number of amides is 2. The number of aliphatic hydroxyl groups excluding tert-OH is 1. The lowest BCUT2D eigenvalue weighted by Gasteiger charge is -2.42. The highest BCUT2D eigenvalue weighted by Gasteiger charge is 2.77. The van der Waals surface area contributed by atoms with Crippen LogP contribution in [0.3, 0.4) is 0 Å². The molecule has 3 heterocycles. The summed E-state index contributed by atoms with van der Waals surface area (Å²) in [7, 11) is 0. The number of fused-ring (bicyclic) bond motifs is 1. The van der Waals surface area contributed by atoms with Crippen LogP contribution < -0.4 is 0 Å². The molecule has 0 aromatic carbocycles. The monoisotopic (exact) mass is 534 g/mol. The lowest BCUT2D eigenvalue weighted by Crippen LogP contribution is -2.58. The fraction of sp³-hybridized carbons (Fsp3) is 0.759. The minimum Gasteiger partial charge on any atom is -0.465 e. The second kappa shape index (κ2) is 11.9. The third kappa shape index (κ3) is 5.65. The van der Waals surface area contributed by atoms with Crippen LogP contribution in [-0.2, 0) is 19.1 Å². The third-order valence-electron chi connectivity index (χ3n) is 8.26. The molecule has 0 aliphatic carbocycles. The molecule has 5 atom stereocenters. The largest absolute Gasteiger partial charge is 0.465 e. The Bertz CT molecular complexity index is 886. The summed E-state index contributed by atoms with van der Waals surface area (Å²) in [5.74, 6) is -1.57. The summed E-state index contributed by atoms with van der Waals surface area (Å²) in [4.78, 5) is 45.5. The van der Waals surface area contributed by atoms with Gasteiger partial charge >= 0.3 is 5.97 Å². The molecular formula is C29H46N2O5S. The zero-order valence-corrected chi connectivity index (χ0v) is 24.0. The van der Waals surface area contributed by atoms with Gasteiger partial charge in [0.25, 0.3) is 0 Å². The maximum absolute atomic E-state index is 14.3. The normalized spacial score (nSPS) is 30.4. The predicted molar refractivity (Wildman–Crippen MR) is 148 cm³/mol. The maximum atomic E-state index is 14.3. The number of nitrogens with zero attached hydrogens (tertiary/aromatic N) is 2. The molecule has 8 heteroatoms. The van der Waals surface area contributed by atoms with E-state index in [-0.39, 0.29) is 24.4 Å².